The van der Waals surface area contributed by atoms with E-state index in [0.29, 0.717) is 0 Å². The van der Waals surface area contributed by atoms with E-state index in [1.165, 1.54) is 4.88 Å². The van der Waals surface area contributed by atoms with Crippen molar-refractivity contribution in [1.29, 1.82) is 5.26 Å². The van der Waals surface area contributed by atoms with Gasteiger partial charge in [0.25, 0.3) is 0 Å². The molecule has 58 valence electrons. The minimum Gasteiger partial charge on any atom is -0.312 e. The lowest BCUT2D eigenvalue weighted by atomic mass is 10.2. The van der Waals surface area contributed by atoms with Gasteiger partial charge in [0.1, 0.15) is 6.04 Å². The van der Waals surface area contributed by atoms with Gasteiger partial charge in [0.2, 0.25) is 0 Å². The van der Waals surface area contributed by atoms with Crippen LogP contribution in [0.2, 0.25) is 0 Å². The van der Waals surface area contributed by atoms with E-state index in [2.05, 4.69) is 6.92 Å². The smallest absolute Gasteiger partial charge is 0.119 e. The van der Waals surface area contributed by atoms with Gasteiger partial charge in [-0.05, 0) is 23.4 Å². The number of nitrogens with two attached hydrogens (primary N) is 1. The summed E-state index contributed by atoms with van der Waals surface area (Å²) in [5, 5.41) is 10.5. The molecule has 1 rings (SSSR count). The van der Waals surface area contributed by atoms with Crippen LogP contribution in [0.5, 0.6) is 0 Å². The van der Waals surface area contributed by atoms with Crippen molar-refractivity contribution in [3.8, 4) is 6.07 Å². The summed E-state index contributed by atoms with van der Waals surface area (Å²) in [6, 6.07) is 3.55. The van der Waals surface area contributed by atoms with Crippen LogP contribution in [0, 0.1) is 11.3 Å². The maximum absolute atomic E-state index is 8.50. The summed E-state index contributed by atoms with van der Waals surface area (Å²) >= 11 is 1.66. The fourth-order valence-corrected chi connectivity index (χ4v) is 1.69. The second-order valence-corrected chi connectivity index (χ2v) is 3.30. The Bertz CT molecular complexity index is 272. The predicted molar refractivity (Wildman–Crippen MR) is 46.2 cm³/mol. The van der Waals surface area contributed by atoms with Gasteiger partial charge in [-0.25, -0.2) is 0 Å². The van der Waals surface area contributed by atoms with Crippen LogP contribution in [-0.2, 0) is 6.42 Å². The van der Waals surface area contributed by atoms with Gasteiger partial charge in [-0.15, -0.1) is 11.3 Å². The Morgan fingerprint density at radius 3 is 3.00 bits per heavy atom. The number of aryl methyl sites for hydroxylation is 1. The van der Waals surface area contributed by atoms with Crippen LogP contribution in [0.3, 0.4) is 0 Å². The summed E-state index contributed by atoms with van der Waals surface area (Å²) in [7, 11) is 0. The normalized spacial score (nSPS) is 12.5. The van der Waals surface area contributed by atoms with Gasteiger partial charge in [0.15, 0.2) is 0 Å². The Kier molecular flexibility index (Phi) is 2.64. The molecule has 1 aromatic heterocycles. The molecule has 0 saturated heterocycles. The van der Waals surface area contributed by atoms with E-state index in [4.69, 9.17) is 11.0 Å². The molecule has 0 amide bonds. The van der Waals surface area contributed by atoms with E-state index < -0.39 is 6.04 Å². The van der Waals surface area contributed by atoms with Gasteiger partial charge >= 0.3 is 0 Å². The van der Waals surface area contributed by atoms with Crippen LogP contribution in [0.4, 0.5) is 0 Å². The molecule has 2 N–H and O–H groups in total. The first kappa shape index (κ1) is 8.25. The molecule has 1 heterocycles. The molecule has 0 aromatic carbocycles. The number of hydrogen-bond acceptors (Lipinski definition) is 3. The van der Waals surface area contributed by atoms with Crippen LogP contribution in [0.15, 0.2) is 11.4 Å². The van der Waals surface area contributed by atoms with Crippen LogP contribution in [-0.4, -0.2) is 0 Å². The molecule has 3 heteroatoms. The maximum Gasteiger partial charge on any atom is 0.119 e. The lowest BCUT2D eigenvalue weighted by molar-refractivity contribution is 0.930. The maximum atomic E-state index is 8.50. The molecule has 1 atom stereocenters. The molecule has 0 aliphatic heterocycles. The molecular weight excluding hydrogens is 156 g/mol. The highest BCUT2D eigenvalue weighted by Crippen LogP contribution is 2.19. The molecule has 1 aromatic rings. The minimum atomic E-state index is -0.452. The van der Waals surface area contributed by atoms with Crippen LogP contribution >= 0.6 is 11.3 Å². The molecule has 0 aliphatic carbocycles. The van der Waals surface area contributed by atoms with Gasteiger partial charge in [0.05, 0.1) is 6.07 Å². The minimum absolute atomic E-state index is 0.452. The Morgan fingerprint density at radius 2 is 2.55 bits per heavy atom. The highest BCUT2D eigenvalue weighted by atomic mass is 32.1. The van der Waals surface area contributed by atoms with Crippen molar-refractivity contribution in [2.75, 3.05) is 0 Å². The summed E-state index contributed by atoms with van der Waals surface area (Å²) in [5.74, 6) is 0. The van der Waals surface area contributed by atoms with Crippen molar-refractivity contribution in [3.63, 3.8) is 0 Å². The number of thiophene rings is 1. The van der Waals surface area contributed by atoms with Crippen molar-refractivity contribution in [3.05, 3.63) is 21.9 Å². The molecule has 0 saturated carbocycles. The highest BCUT2D eigenvalue weighted by molar-refractivity contribution is 7.10. The SMILES string of the molecule is CCc1cc(C(N)C#N)cs1. The Morgan fingerprint density at radius 1 is 1.82 bits per heavy atom. The van der Waals surface area contributed by atoms with Gasteiger partial charge in [-0.2, -0.15) is 5.26 Å². The molecule has 0 fully saturated rings. The second-order valence-electron chi connectivity index (χ2n) is 2.31. The zero-order valence-corrected chi connectivity index (χ0v) is 7.19. The topological polar surface area (TPSA) is 49.8 Å². The van der Waals surface area contributed by atoms with Crippen molar-refractivity contribution >= 4 is 11.3 Å². The number of hydrogen-bond donors (Lipinski definition) is 1. The Balaban J connectivity index is 2.82. The van der Waals surface area contributed by atoms with E-state index in [9.17, 15) is 0 Å². The Labute approximate surface area is 70.3 Å². The second kappa shape index (κ2) is 3.51. The van der Waals surface area contributed by atoms with Gasteiger partial charge < -0.3 is 5.73 Å². The van der Waals surface area contributed by atoms with Crippen molar-refractivity contribution in [2.45, 2.75) is 19.4 Å². The van der Waals surface area contributed by atoms with Crippen molar-refractivity contribution < 1.29 is 0 Å². The fourth-order valence-electron chi connectivity index (χ4n) is 0.821. The Hall–Kier alpha value is -0.850. The van der Waals surface area contributed by atoms with E-state index in [-0.39, 0.29) is 0 Å². The third kappa shape index (κ3) is 1.79. The highest BCUT2D eigenvalue weighted by Gasteiger charge is 2.05. The van der Waals surface area contributed by atoms with E-state index >= 15 is 0 Å². The number of nitrogens with zero attached hydrogens (tertiary/aromatic N) is 1. The standard InChI is InChI=1S/C8H10N2S/c1-2-7-3-6(5-11-7)8(10)4-9/h3,5,8H,2,10H2,1H3. The zero-order valence-electron chi connectivity index (χ0n) is 6.37. The third-order valence-electron chi connectivity index (χ3n) is 1.52. The van der Waals surface area contributed by atoms with Gasteiger partial charge in [-0.3, -0.25) is 0 Å². The molecule has 0 bridgehead atoms. The quantitative estimate of drug-likeness (QED) is 0.728. The first-order chi connectivity index (χ1) is 5.27. The van der Waals surface area contributed by atoms with E-state index in [0.717, 1.165) is 12.0 Å². The molecule has 2 nitrogen and oxygen atoms in total. The summed E-state index contributed by atoms with van der Waals surface area (Å²) in [5.41, 5.74) is 6.45. The summed E-state index contributed by atoms with van der Waals surface area (Å²) in [6.07, 6.45) is 1.02. The summed E-state index contributed by atoms with van der Waals surface area (Å²) in [4.78, 5) is 1.28. The monoisotopic (exact) mass is 166 g/mol. The molecule has 0 spiro atoms. The summed E-state index contributed by atoms with van der Waals surface area (Å²) in [6.45, 7) is 2.09. The largest absolute Gasteiger partial charge is 0.312 e. The van der Waals surface area contributed by atoms with Crippen LogP contribution < -0.4 is 5.73 Å². The zero-order chi connectivity index (χ0) is 8.27. The fraction of sp³-hybridized carbons (Fsp3) is 0.375. The first-order valence-corrected chi connectivity index (χ1v) is 4.38. The number of nitriles is 1. The molecule has 0 aliphatic rings. The van der Waals surface area contributed by atoms with E-state index in [1.54, 1.807) is 11.3 Å². The van der Waals surface area contributed by atoms with E-state index in [1.807, 2.05) is 17.5 Å². The summed E-state index contributed by atoms with van der Waals surface area (Å²) < 4.78 is 0. The van der Waals surface area contributed by atoms with Crippen molar-refractivity contribution in [2.24, 2.45) is 5.73 Å². The molecule has 11 heavy (non-hydrogen) atoms. The molecular formula is C8H10N2S. The third-order valence-corrected chi connectivity index (χ3v) is 2.62. The predicted octanol–water partition coefficient (Wildman–Crippen LogP) is 1.83. The number of rotatable bonds is 2. The average molecular weight is 166 g/mol. The lowest BCUT2D eigenvalue weighted by Gasteiger charge is -1.94. The lowest BCUT2D eigenvalue weighted by Crippen LogP contribution is -2.05. The first-order valence-electron chi connectivity index (χ1n) is 3.50. The van der Waals surface area contributed by atoms with Gasteiger partial charge in [0, 0.05) is 4.88 Å². The van der Waals surface area contributed by atoms with Gasteiger partial charge in [-0.1, -0.05) is 6.92 Å². The molecule has 0 radical (unpaired) electrons. The van der Waals surface area contributed by atoms with Crippen LogP contribution in [0.25, 0.3) is 0 Å². The van der Waals surface area contributed by atoms with Crippen molar-refractivity contribution in [1.82, 2.24) is 0 Å². The van der Waals surface area contributed by atoms with Crippen LogP contribution in [0.1, 0.15) is 23.4 Å². The molecule has 1 unspecified atom stereocenters. The average Bonchev–Trinajstić information content (AvgIpc) is 2.50.